The Bertz CT molecular complexity index is 1030. The monoisotopic (exact) mass is 498 g/mol. The number of carbonyl (C=O) groups is 4. The van der Waals surface area contributed by atoms with Crippen molar-refractivity contribution in [3.8, 4) is 0 Å². The number of alkyl halides is 3. The smallest absolute Gasteiger partial charge is 0.306 e. The molecule has 34 heavy (non-hydrogen) atoms. The average molecular weight is 499 g/mol. The van der Waals surface area contributed by atoms with Gasteiger partial charge in [-0.1, -0.05) is 26.8 Å². The molecule has 0 N–H and O–H groups in total. The number of fused-ring (bicyclic) bond motifs is 5. The number of Topliss-reactive ketones (excluding diaryl/α,β-unsaturated/α-hetero) is 1. The summed E-state index contributed by atoms with van der Waals surface area (Å²) in [6.07, 6.45) is 1.29. The van der Waals surface area contributed by atoms with Crippen LogP contribution in [0.1, 0.15) is 53.4 Å². The van der Waals surface area contributed by atoms with Gasteiger partial charge in [-0.05, 0) is 55.2 Å². The summed E-state index contributed by atoms with van der Waals surface area (Å²) in [6.45, 7) is 6.28. The number of hydrogen-bond donors (Lipinski definition) is 0. The lowest BCUT2D eigenvalue weighted by Crippen LogP contribution is -2.69. The molecule has 3 fully saturated rings. The second-order valence-corrected chi connectivity index (χ2v) is 11.3. The van der Waals surface area contributed by atoms with Crippen molar-refractivity contribution in [1.82, 2.24) is 0 Å². The molecule has 0 amide bonds. The van der Waals surface area contributed by atoms with Crippen molar-refractivity contribution in [1.29, 1.82) is 0 Å². The van der Waals surface area contributed by atoms with Gasteiger partial charge in [0.2, 0.25) is 5.12 Å². The normalized spacial score (nSPS) is 45.2. The minimum Gasteiger partial charge on any atom is -0.449 e. The predicted octanol–water partition coefficient (Wildman–Crippen LogP) is 4.64. The maximum absolute atomic E-state index is 17.1. The van der Waals surface area contributed by atoms with E-state index in [2.05, 4.69) is 0 Å². The number of hydrogen-bond acceptors (Lipinski definition) is 6. The number of ketones is 2. The number of ether oxygens (including phenoxy) is 1. The third kappa shape index (κ3) is 2.94. The van der Waals surface area contributed by atoms with E-state index in [1.165, 1.54) is 13.0 Å². The highest BCUT2D eigenvalue weighted by Crippen LogP contribution is 2.71. The molecular weight excluding hydrogens is 469 g/mol. The summed E-state index contributed by atoms with van der Waals surface area (Å²) >= 11 is 0.366. The van der Waals surface area contributed by atoms with Crippen LogP contribution in [0.2, 0.25) is 0 Å². The van der Waals surface area contributed by atoms with Gasteiger partial charge in [0.15, 0.2) is 22.8 Å². The molecule has 9 heteroatoms. The van der Waals surface area contributed by atoms with Crippen LogP contribution in [0, 0.1) is 28.6 Å². The van der Waals surface area contributed by atoms with Crippen molar-refractivity contribution in [3.05, 3.63) is 23.8 Å². The molecule has 0 aromatic rings. The molecule has 2 unspecified atom stereocenters. The van der Waals surface area contributed by atoms with Gasteiger partial charge < -0.3 is 4.74 Å². The number of esters is 1. The van der Waals surface area contributed by atoms with Crippen LogP contribution in [-0.4, -0.2) is 46.1 Å². The van der Waals surface area contributed by atoms with Crippen LogP contribution in [-0.2, 0) is 23.9 Å². The van der Waals surface area contributed by atoms with Crippen LogP contribution >= 0.6 is 11.8 Å². The first-order chi connectivity index (χ1) is 15.8. The van der Waals surface area contributed by atoms with Crippen LogP contribution in [0.4, 0.5) is 13.2 Å². The molecule has 4 rings (SSSR count). The molecule has 4 aliphatic carbocycles. The molecule has 0 aromatic heterocycles. The van der Waals surface area contributed by atoms with Gasteiger partial charge in [-0.3, -0.25) is 19.2 Å². The van der Waals surface area contributed by atoms with Crippen molar-refractivity contribution < 1.29 is 37.1 Å². The van der Waals surface area contributed by atoms with Crippen molar-refractivity contribution in [2.24, 2.45) is 28.6 Å². The van der Waals surface area contributed by atoms with Crippen LogP contribution in [0.15, 0.2) is 23.8 Å². The Morgan fingerprint density at radius 1 is 1.21 bits per heavy atom. The van der Waals surface area contributed by atoms with E-state index in [1.54, 1.807) is 20.8 Å². The maximum Gasteiger partial charge on any atom is 0.306 e. The van der Waals surface area contributed by atoms with Crippen molar-refractivity contribution in [2.75, 3.05) is 6.01 Å². The first kappa shape index (κ1) is 25.2. The Morgan fingerprint density at radius 3 is 2.50 bits per heavy atom. The Kier molecular flexibility index (Phi) is 5.98. The Labute approximate surface area is 200 Å². The fourth-order valence-corrected chi connectivity index (χ4v) is 8.15. The van der Waals surface area contributed by atoms with E-state index in [1.807, 2.05) is 0 Å². The molecule has 0 heterocycles. The van der Waals surface area contributed by atoms with Crippen molar-refractivity contribution >= 4 is 34.4 Å². The van der Waals surface area contributed by atoms with Gasteiger partial charge in [0.25, 0.3) is 0 Å². The zero-order valence-electron chi connectivity index (χ0n) is 19.7. The zero-order chi connectivity index (χ0) is 25.3. The van der Waals surface area contributed by atoms with Gasteiger partial charge in [-0.25, -0.2) is 13.2 Å². The van der Waals surface area contributed by atoms with Crippen molar-refractivity contribution in [3.63, 3.8) is 0 Å². The summed E-state index contributed by atoms with van der Waals surface area (Å²) in [5.74, 6) is -4.38. The number of allylic oxidation sites excluding steroid dienone is 4. The lowest BCUT2D eigenvalue weighted by molar-refractivity contribution is -0.200. The van der Waals surface area contributed by atoms with E-state index < -0.39 is 81.1 Å². The average Bonchev–Trinajstić information content (AvgIpc) is 2.99. The Balaban J connectivity index is 1.88. The second-order valence-electron chi connectivity index (χ2n) is 10.4. The number of thioether (sulfide) groups is 1. The standard InChI is InChI=1S/C25H29F3O5S/c1-5-20(31)33-25(21(32)34-12-26)13(2)8-15-16-10-18(27)17-9-14(29)6-7-22(17,3)24(16,28)19(30)11-23(15,25)4/h6-7,9,13,15-16,18H,5,8,10-12H2,1-4H3/t13-,15?,16?,18+,22+,23+,24+,25+/m1/s1. The summed E-state index contributed by atoms with van der Waals surface area (Å²) in [6, 6.07) is -1.04. The number of halogens is 3. The third-order valence-corrected chi connectivity index (χ3v) is 9.66. The van der Waals surface area contributed by atoms with E-state index in [0.717, 1.165) is 12.2 Å². The second kappa shape index (κ2) is 8.07. The van der Waals surface area contributed by atoms with Gasteiger partial charge in [0, 0.05) is 30.1 Å². The summed E-state index contributed by atoms with van der Waals surface area (Å²) in [5.41, 5.74) is -7.36. The highest BCUT2D eigenvalue weighted by molar-refractivity contribution is 8.13. The van der Waals surface area contributed by atoms with Crippen molar-refractivity contribution in [2.45, 2.75) is 70.8 Å². The van der Waals surface area contributed by atoms with E-state index in [4.69, 9.17) is 4.74 Å². The van der Waals surface area contributed by atoms with Crippen LogP contribution in [0.25, 0.3) is 0 Å². The molecule has 5 nitrogen and oxygen atoms in total. The maximum atomic E-state index is 17.1. The molecule has 0 aromatic carbocycles. The summed E-state index contributed by atoms with van der Waals surface area (Å²) in [7, 11) is 0. The van der Waals surface area contributed by atoms with Gasteiger partial charge in [0.1, 0.15) is 12.2 Å². The van der Waals surface area contributed by atoms with Crippen LogP contribution in [0.3, 0.4) is 0 Å². The molecule has 8 atom stereocenters. The molecule has 0 bridgehead atoms. The molecule has 0 radical (unpaired) electrons. The highest BCUT2D eigenvalue weighted by Gasteiger charge is 2.78. The minimum absolute atomic E-state index is 0.0369. The molecule has 0 spiro atoms. The van der Waals surface area contributed by atoms with Gasteiger partial charge in [-0.15, -0.1) is 0 Å². The van der Waals surface area contributed by atoms with E-state index in [0.29, 0.717) is 11.8 Å². The number of carbonyl (C=O) groups excluding carboxylic acids is 4. The van der Waals surface area contributed by atoms with E-state index >= 15 is 8.78 Å². The van der Waals surface area contributed by atoms with E-state index in [-0.39, 0.29) is 24.8 Å². The van der Waals surface area contributed by atoms with Gasteiger partial charge in [0.05, 0.1) is 5.41 Å². The lowest BCUT2D eigenvalue weighted by Gasteiger charge is -2.60. The molecular formula is C25H29F3O5S. The quantitative estimate of drug-likeness (QED) is 0.526. The highest BCUT2D eigenvalue weighted by atomic mass is 32.2. The Morgan fingerprint density at radius 2 is 1.88 bits per heavy atom. The zero-order valence-corrected chi connectivity index (χ0v) is 20.5. The SMILES string of the molecule is CCC(=O)O[C@]1(C(=O)SCF)[C@H](C)CC2C3C[C@H](F)C4=CC(=O)C=C[C@]4(C)[C@@]3(F)C(=O)C[C@@]21C. The van der Waals surface area contributed by atoms with Crippen LogP contribution < -0.4 is 0 Å². The molecule has 186 valence electrons. The Hall–Kier alpha value is -1.90. The molecule has 0 saturated heterocycles. The lowest BCUT2D eigenvalue weighted by atomic mass is 9.45. The topological polar surface area (TPSA) is 77.5 Å². The van der Waals surface area contributed by atoms with Gasteiger partial charge >= 0.3 is 5.97 Å². The summed E-state index contributed by atoms with van der Waals surface area (Å²) in [4.78, 5) is 51.4. The fraction of sp³-hybridized carbons (Fsp3) is 0.680. The molecule has 0 aliphatic heterocycles. The van der Waals surface area contributed by atoms with Crippen LogP contribution in [0.5, 0.6) is 0 Å². The number of rotatable bonds is 4. The summed E-state index contributed by atoms with van der Waals surface area (Å²) < 4.78 is 51.6. The third-order valence-electron chi connectivity index (χ3n) is 8.98. The summed E-state index contributed by atoms with van der Waals surface area (Å²) in [5, 5.41) is -0.712. The molecule has 4 aliphatic rings. The predicted molar refractivity (Wildman–Crippen MR) is 120 cm³/mol. The first-order valence-electron chi connectivity index (χ1n) is 11.6. The largest absolute Gasteiger partial charge is 0.449 e. The first-order valence-corrected chi connectivity index (χ1v) is 12.6. The van der Waals surface area contributed by atoms with Gasteiger partial charge in [-0.2, -0.15) is 0 Å². The fourth-order valence-electron chi connectivity index (χ4n) is 7.36. The minimum atomic E-state index is -2.50. The van der Waals surface area contributed by atoms with E-state index in [9.17, 15) is 23.6 Å². The molecule has 3 saturated carbocycles.